The van der Waals surface area contributed by atoms with Crippen LogP contribution in [0.25, 0.3) is 11.2 Å². The highest BCUT2D eigenvalue weighted by molar-refractivity contribution is 7.99. The van der Waals surface area contributed by atoms with Gasteiger partial charge in [0.15, 0.2) is 27.9 Å². The summed E-state index contributed by atoms with van der Waals surface area (Å²) in [6.45, 7) is 6.70. The molecule has 40 heavy (non-hydrogen) atoms. The molecule has 10 nitrogen and oxygen atoms in total. The molecule has 0 bridgehead atoms. The number of carbonyl (C=O) groups excluding carboxylic acids is 1. The summed E-state index contributed by atoms with van der Waals surface area (Å²) in [5.41, 5.74) is 2.65. The Hall–Kier alpha value is -2.76. The van der Waals surface area contributed by atoms with Gasteiger partial charge in [0.2, 0.25) is 5.91 Å². The summed E-state index contributed by atoms with van der Waals surface area (Å²) in [4.78, 5) is 23.1. The smallest absolute Gasteiger partial charge is 0.225 e. The number of ether oxygens (including phenoxy) is 2. The van der Waals surface area contributed by atoms with E-state index in [0.717, 1.165) is 31.0 Å². The van der Waals surface area contributed by atoms with Crippen LogP contribution >= 0.6 is 11.8 Å². The van der Waals surface area contributed by atoms with Crippen LogP contribution in [0.15, 0.2) is 35.5 Å². The molecule has 212 valence electrons. The summed E-state index contributed by atoms with van der Waals surface area (Å²) in [7, 11) is 0. The Balaban J connectivity index is 1.19. The van der Waals surface area contributed by atoms with Crippen molar-refractivity contribution in [3.05, 3.63) is 35.9 Å². The highest BCUT2D eigenvalue weighted by atomic mass is 32.2. The molecule has 7 rings (SSSR count). The number of benzene rings is 1. The van der Waals surface area contributed by atoms with Gasteiger partial charge in [-0.25, -0.2) is 14.6 Å². The molecular weight excluding hydrogens is 526 g/mol. The number of hydrogen-bond donors (Lipinski definition) is 2. The van der Waals surface area contributed by atoms with Gasteiger partial charge in [-0.1, -0.05) is 54.2 Å². The molecular formula is C29H37N7O3S. The first-order valence-corrected chi connectivity index (χ1v) is 15.6. The number of anilines is 1. The van der Waals surface area contributed by atoms with Crippen LogP contribution in [0.4, 0.5) is 5.82 Å². The molecule has 3 aliphatic carbocycles. The van der Waals surface area contributed by atoms with E-state index in [4.69, 9.17) is 19.4 Å². The lowest BCUT2D eigenvalue weighted by molar-refractivity contribution is -0.163. The van der Waals surface area contributed by atoms with E-state index < -0.39 is 5.79 Å². The van der Waals surface area contributed by atoms with E-state index in [1.165, 1.54) is 18.4 Å². The number of nitrogens with zero attached hydrogens (tertiary/aromatic N) is 5. The molecule has 2 aromatic heterocycles. The fraction of sp³-hybridized carbons (Fsp3) is 0.621. The largest absolute Gasteiger partial charge is 0.365 e. The van der Waals surface area contributed by atoms with Crippen LogP contribution in [0.3, 0.4) is 0 Å². The van der Waals surface area contributed by atoms with E-state index in [-0.39, 0.29) is 36.1 Å². The minimum atomic E-state index is -0.776. The Morgan fingerprint density at radius 1 is 1.12 bits per heavy atom. The molecule has 3 saturated carbocycles. The average Bonchev–Trinajstić information content (AvgIpc) is 3.82. The highest BCUT2D eigenvalue weighted by Crippen LogP contribution is 2.48. The molecule has 1 amide bonds. The van der Waals surface area contributed by atoms with Gasteiger partial charge in [0.05, 0.1) is 12.0 Å². The number of hydrogen-bond acceptors (Lipinski definition) is 9. The van der Waals surface area contributed by atoms with Crippen LogP contribution in [-0.2, 0) is 14.3 Å². The third-order valence-corrected chi connectivity index (χ3v) is 9.48. The van der Waals surface area contributed by atoms with Crippen LogP contribution in [-0.4, -0.2) is 67.2 Å². The van der Waals surface area contributed by atoms with Crippen molar-refractivity contribution < 1.29 is 14.3 Å². The topological polar surface area (TPSA) is 116 Å². The molecule has 1 aliphatic heterocycles. The summed E-state index contributed by atoms with van der Waals surface area (Å²) in [6.07, 6.45) is 4.35. The van der Waals surface area contributed by atoms with Gasteiger partial charge in [0.25, 0.3) is 0 Å². The van der Waals surface area contributed by atoms with Crippen molar-refractivity contribution in [3.63, 3.8) is 0 Å². The second kappa shape index (κ2) is 10.3. The maximum atomic E-state index is 13.3. The fourth-order valence-corrected chi connectivity index (χ4v) is 6.83. The maximum absolute atomic E-state index is 13.3. The number of nitrogens with one attached hydrogen (secondary N) is 2. The van der Waals surface area contributed by atoms with Gasteiger partial charge < -0.3 is 20.1 Å². The zero-order valence-corrected chi connectivity index (χ0v) is 24.1. The van der Waals surface area contributed by atoms with E-state index in [1.807, 2.05) is 24.6 Å². The predicted molar refractivity (Wildman–Crippen MR) is 152 cm³/mol. The third-order valence-electron chi connectivity index (χ3n) is 8.43. The average molecular weight is 564 g/mol. The van der Waals surface area contributed by atoms with E-state index >= 15 is 0 Å². The van der Waals surface area contributed by atoms with Crippen molar-refractivity contribution in [2.24, 2.45) is 11.8 Å². The Bertz CT molecular complexity index is 1400. The van der Waals surface area contributed by atoms with Gasteiger partial charge in [-0.2, -0.15) is 0 Å². The molecule has 1 saturated heterocycles. The molecule has 1 aromatic carbocycles. The lowest BCUT2D eigenvalue weighted by Crippen LogP contribution is -2.38. The minimum absolute atomic E-state index is 0.0342. The van der Waals surface area contributed by atoms with Crippen LogP contribution in [0, 0.1) is 11.8 Å². The van der Waals surface area contributed by atoms with Crippen LogP contribution in [0.2, 0.25) is 0 Å². The Morgan fingerprint density at radius 3 is 2.70 bits per heavy atom. The van der Waals surface area contributed by atoms with E-state index in [9.17, 15) is 4.79 Å². The van der Waals surface area contributed by atoms with Crippen molar-refractivity contribution in [2.75, 3.05) is 17.6 Å². The third kappa shape index (κ3) is 5.07. The van der Waals surface area contributed by atoms with Gasteiger partial charge in [0.1, 0.15) is 12.2 Å². The Morgan fingerprint density at radius 2 is 1.93 bits per heavy atom. The lowest BCUT2D eigenvalue weighted by atomic mass is 10.0. The Labute approximate surface area is 238 Å². The second-order valence-electron chi connectivity index (χ2n) is 12.1. The Kier molecular flexibility index (Phi) is 6.71. The molecule has 11 heteroatoms. The van der Waals surface area contributed by atoms with Crippen molar-refractivity contribution in [2.45, 2.75) is 94.0 Å². The molecule has 3 heterocycles. The molecule has 2 N–H and O–H groups in total. The van der Waals surface area contributed by atoms with Crippen molar-refractivity contribution >= 4 is 34.7 Å². The van der Waals surface area contributed by atoms with Gasteiger partial charge in [-0.3, -0.25) is 4.79 Å². The van der Waals surface area contributed by atoms with Gasteiger partial charge in [-0.05, 0) is 57.4 Å². The zero-order chi connectivity index (χ0) is 27.4. The lowest BCUT2D eigenvalue weighted by Gasteiger charge is -2.23. The normalized spacial score (nSPS) is 30.4. The number of amides is 1. The number of aromatic nitrogens is 5. The molecule has 0 radical (unpaired) electrons. The SMILES string of the molecule is CCCSc1nc(NC2CC2c2ccccc2)c2nnn(C3CC(C(=O)NCC4CC4)C4OC(C)(C)OC43)c2n1. The first kappa shape index (κ1) is 26.2. The number of rotatable bonds is 10. The minimum Gasteiger partial charge on any atom is -0.365 e. The number of fused-ring (bicyclic) bond motifs is 2. The van der Waals surface area contributed by atoms with Crippen LogP contribution in [0.5, 0.6) is 0 Å². The quantitative estimate of drug-likeness (QED) is 0.275. The number of thioether (sulfide) groups is 1. The second-order valence-corrected chi connectivity index (χ2v) is 13.1. The van der Waals surface area contributed by atoms with Crippen LogP contribution < -0.4 is 10.6 Å². The summed E-state index contributed by atoms with van der Waals surface area (Å²) in [5.74, 6) is 1.64. The first-order chi connectivity index (χ1) is 19.4. The van der Waals surface area contributed by atoms with Crippen molar-refractivity contribution in [1.29, 1.82) is 0 Å². The van der Waals surface area contributed by atoms with E-state index in [1.54, 1.807) is 11.8 Å². The van der Waals surface area contributed by atoms with Gasteiger partial charge >= 0.3 is 0 Å². The molecule has 3 aromatic rings. The maximum Gasteiger partial charge on any atom is 0.225 e. The summed E-state index contributed by atoms with van der Waals surface area (Å²) >= 11 is 1.64. The fourth-order valence-electron chi connectivity index (χ4n) is 6.14. The van der Waals surface area contributed by atoms with Crippen molar-refractivity contribution in [1.82, 2.24) is 30.3 Å². The van der Waals surface area contributed by atoms with Gasteiger partial charge in [0, 0.05) is 24.3 Å². The monoisotopic (exact) mass is 563 g/mol. The molecule has 6 unspecified atom stereocenters. The van der Waals surface area contributed by atoms with Crippen molar-refractivity contribution in [3.8, 4) is 0 Å². The highest BCUT2D eigenvalue weighted by Gasteiger charge is 2.57. The van der Waals surface area contributed by atoms with E-state index in [0.29, 0.717) is 34.6 Å². The molecule has 4 aliphatic rings. The number of carbonyl (C=O) groups is 1. The first-order valence-electron chi connectivity index (χ1n) is 14.6. The molecule has 0 spiro atoms. The summed E-state index contributed by atoms with van der Waals surface area (Å²) in [5, 5.41) is 16.7. The zero-order valence-electron chi connectivity index (χ0n) is 23.2. The predicted octanol–water partition coefficient (Wildman–Crippen LogP) is 4.30. The summed E-state index contributed by atoms with van der Waals surface area (Å²) < 4.78 is 14.5. The van der Waals surface area contributed by atoms with Gasteiger partial charge in [-0.15, -0.1) is 5.10 Å². The summed E-state index contributed by atoms with van der Waals surface area (Å²) in [6, 6.07) is 10.6. The van der Waals surface area contributed by atoms with Crippen LogP contribution in [0.1, 0.15) is 70.4 Å². The molecule has 6 atom stereocenters. The van der Waals surface area contributed by atoms with E-state index in [2.05, 4.69) is 52.1 Å². The standard InChI is InChI=1S/C29H37N7O3S/c1-4-12-40-28-32-25(31-20-13-18(20)17-8-6-5-7-9-17)22-26(33-28)36(35-34-22)21-14-19(27(37)30-15-16-10-11-16)23-24(21)39-29(2,3)38-23/h5-9,16,18-21,23-24H,4,10-15H2,1-3H3,(H,30,37)(H,31,32,33). The molecule has 4 fully saturated rings.